The Hall–Kier alpha value is -0.820. The van der Waals surface area contributed by atoms with Crippen LogP contribution in [0.4, 0.5) is 0 Å². The van der Waals surface area contributed by atoms with Crippen LogP contribution in [0.5, 0.6) is 0 Å². The minimum atomic E-state index is -1.07. The predicted octanol–water partition coefficient (Wildman–Crippen LogP) is 4.40. The van der Waals surface area contributed by atoms with Gasteiger partial charge in [0, 0.05) is 0 Å². The molecule has 1 nitrogen and oxygen atoms in total. The number of aliphatic hydroxyl groups is 1. The van der Waals surface area contributed by atoms with E-state index in [1.807, 2.05) is 6.92 Å². The first-order valence-corrected chi connectivity index (χ1v) is 5.98. The molecule has 0 aliphatic carbocycles. The zero-order valence-corrected chi connectivity index (χ0v) is 11.1. The summed E-state index contributed by atoms with van der Waals surface area (Å²) in [5.74, 6) is 0. The molecule has 0 amide bonds. The number of allylic oxidation sites excluding steroid dienone is 5. The molecule has 0 aromatic rings. The SMILES string of the molecule is [3H]C(O)/C=C(\C)CC/C=C(\C)CCC=C(C)C. The van der Waals surface area contributed by atoms with Crippen LogP contribution in [-0.2, 0) is 0 Å². The van der Waals surface area contributed by atoms with Crippen molar-refractivity contribution < 1.29 is 6.48 Å². The van der Waals surface area contributed by atoms with Crippen LogP contribution in [0.1, 0.15) is 54.7 Å². The van der Waals surface area contributed by atoms with Gasteiger partial charge in [-0.3, -0.25) is 0 Å². The van der Waals surface area contributed by atoms with Gasteiger partial charge >= 0.3 is 0 Å². The number of hydrogen-bond donors (Lipinski definition) is 1. The molecule has 1 heteroatoms. The van der Waals surface area contributed by atoms with Crippen LogP contribution in [0.3, 0.4) is 0 Å². The summed E-state index contributed by atoms with van der Waals surface area (Å²) in [5.41, 5.74) is 3.88. The summed E-state index contributed by atoms with van der Waals surface area (Å²) >= 11 is 0. The standard InChI is InChI=1S/C15H26O/c1-13(2)7-5-8-14(3)9-6-10-15(4)11-12-16/h7,9,11,16H,5-6,8,10,12H2,1-4H3/b14-9+,15-11+/i12T. The first-order valence-electron chi connectivity index (χ1n) is 6.56. The second-order valence-electron chi connectivity index (χ2n) is 4.57. The van der Waals surface area contributed by atoms with Crippen molar-refractivity contribution >= 4 is 0 Å². The van der Waals surface area contributed by atoms with E-state index in [0.717, 1.165) is 31.3 Å². The second kappa shape index (κ2) is 9.41. The summed E-state index contributed by atoms with van der Waals surface area (Å²) in [5, 5.41) is 8.87. The highest BCUT2D eigenvalue weighted by Gasteiger charge is 1.91. The Bertz CT molecular complexity index is 294. The van der Waals surface area contributed by atoms with Crippen molar-refractivity contribution in [2.75, 3.05) is 6.58 Å². The Morgan fingerprint density at radius 2 is 1.44 bits per heavy atom. The van der Waals surface area contributed by atoms with Crippen LogP contribution in [0, 0.1) is 0 Å². The Kier molecular flexibility index (Phi) is 7.79. The topological polar surface area (TPSA) is 20.2 Å². The molecule has 0 bridgehead atoms. The van der Waals surface area contributed by atoms with E-state index < -0.39 is 6.58 Å². The lowest BCUT2D eigenvalue weighted by Gasteiger charge is -2.00. The average Bonchev–Trinajstić information content (AvgIpc) is 2.15. The molecule has 0 aromatic heterocycles. The fourth-order valence-corrected chi connectivity index (χ4v) is 1.45. The summed E-state index contributed by atoms with van der Waals surface area (Å²) in [6, 6.07) is 0. The summed E-state index contributed by atoms with van der Waals surface area (Å²) in [7, 11) is 0. The fraction of sp³-hybridized carbons (Fsp3) is 0.600. The minimum absolute atomic E-state index is 0.927. The summed E-state index contributed by atoms with van der Waals surface area (Å²) < 4.78 is 7.02. The molecule has 1 unspecified atom stereocenters. The van der Waals surface area contributed by atoms with E-state index in [0.29, 0.717) is 0 Å². The van der Waals surface area contributed by atoms with E-state index in [1.165, 1.54) is 11.1 Å². The van der Waals surface area contributed by atoms with E-state index >= 15 is 0 Å². The molecule has 92 valence electrons. The maximum absolute atomic E-state index is 8.87. The summed E-state index contributed by atoms with van der Waals surface area (Å²) in [4.78, 5) is 0. The molecule has 0 saturated carbocycles. The van der Waals surface area contributed by atoms with Crippen LogP contribution >= 0.6 is 0 Å². The van der Waals surface area contributed by atoms with Gasteiger partial charge in [-0.05, 0) is 53.4 Å². The van der Waals surface area contributed by atoms with Gasteiger partial charge in [0.2, 0.25) is 0 Å². The van der Waals surface area contributed by atoms with Gasteiger partial charge < -0.3 is 5.11 Å². The van der Waals surface area contributed by atoms with Crippen molar-refractivity contribution in [3.8, 4) is 0 Å². The van der Waals surface area contributed by atoms with Crippen molar-refractivity contribution in [3.63, 3.8) is 0 Å². The van der Waals surface area contributed by atoms with E-state index in [4.69, 9.17) is 6.48 Å². The zero-order valence-electron chi connectivity index (χ0n) is 12.1. The van der Waals surface area contributed by atoms with Crippen molar-refractivity contribution in [3.05, 3.63) is 34.9 Å². The molecule has 0 saturated heterocycles. The maximum Gasteiger partial charge on any atom is 0.0614 e. The third-order valence-electron chi connectivity index (χ3n) is 2.48. The van der Waals surface area contributed by atoms with Crippen molar-refractivity contribution in [2.24, 2.45) is 0 Å². The van der Waals surface area contributed by atoms with E-state index in [-0.39, 0.29) is 0 Å². The van der Waals surface area contributed by atoms with Gasteiger partial charge in [0.1, 0.15) is 0 Å². The van der Waals surface area contributed by atoms with Crippen LogP contribution in [0.25, 0.3) is 0 Å². The molecule has 0 fully saturated rings. The highest BCUT2D eigenvalue weighted by molar-refractivity contribution is 5.05. The van der Waals surface area contributed by atoms with Gasteiger partial charge in [0.05, 0.1) is 7.95 Å². The molecule has 1 N–H and O–H groups in total. The van der Waals surface area contributed by atoms with Crippen molar-refractivity contribution in [1.82, 2.24) is 0 Å². The smallest absolute Gasteiger partial charge is 0.0614 e. The molecular weight excluding hydrogens is 196 g/mol. The fourth-order valence-electron chi connectivity index (χ4n) is 1.45. The Labute approximate surface area is 102 Å². The van der Waals surface area contributed by atoms with Gasteiger partial charge in [0.25, 0.3) is 0 Å². The molecule has 16 heavy (non-hydrogen) atoms. The lowest BCUT2D eigenvalue weighted by molar-refractivity contribution is 0.341. The van der Waals surface area contributed by atoms with Gasteiger partial charge in [-0.25, -0.2) is 0 Å². The van der Waals surface area contributed by atoms with Crippen LogP contribution in [-0.4, -0.2) is 11.7 Å². The normalized spacial score (nSPS) is 15.7. The quantitative estimate of drug-likeness (QED) is 0.636. The Morgan fingerprint density at radius 1 is 0.938 bits per heavy atom. The van der Waals surface area contributed by atoms with Crippen LogP contribution < -0.4 is 0 Å². The molecule has 1 atom stereocenters. The Balaban J connectivity index is 3.88. The molecule has 0 rings (SSSR count). The van der Waals surface area contributed by atoms with Gasteiger partial charge in [-0.2, -0.15) is 0 Å². The second-order valence-corrected chi connectivity index (χ2v) is 4.57. The number of hydrogen-bond acceptors (Lipinski definition) is 1. The molecule has 0 aliphatic rings. The van der Waals surface area contributed by atoms with Gasteiger partial charge in [-0.1, -0.05) is 34.9 Å². The lowest BCUT2D eigenvalue weighted by Crippen LogP contribution is -1.82. The largest absolute Gasteiger partial charge is 0.392 e. The van der Waals surface area contributed by atoms with E-state index in [2.05, 4.69) is 32.9 Å². The predicted molar refractivity (Wildman–Crippen MR) is 72.5 cm³/mol. The maximum atomic E-state index is 8.87. The third-order valence-corrected chi connectivity index (χ3v) is 2.48. The molecule has 0 heterocycles. The molecular formula is C15H26O. The van der Waals surface area contributed by atoms with Crippen LogP contribution in [0.15, 0.2) is 34.9 Å². The molecule has 0 aromatic carbocycles. The Morgan fingerprint density at radius 3 is 1.94 bits per heavy atom. The van der Waals surface area contributed by atoms with Gasteiger partial charge in [0.15, 0.2) is 0 Å². The van der Waals surface area contributed by atoms with Crippen LogP contribution in [0.2, 0.25) is 0 Å². The molecule has 0 spiro atoms. The van der Waals surface area contributed by atoms with E-state index in [1.54, 1.807) is 6.08 Å². The first-order chi connectivity index (χ1) is 7.91. The summed E-state index contributed by atoms with van der Waals surface area (Å²) in [6.45, 7) is 7.30. The lowest BCUT2D eigenvalue weighted by atomic mass is 10.1. The van der Waals surface area contributed by atoms with Crippen molar-refractivity contribution in [2.45, 2.75) is 53.4 Å². The van der Waals surface area contributed by atoms with E-state index in [9.17, 15) is 0 Å². The number of aliphatic hydroxyl groups excluding tert-OH is 1. The number of rotatable bonds is 7. The highest BCUT2D eigenvalue weighted by Crippen LogP contribution is 2.10. The molecule has 0 aliphatic heterocycles. The van der Waals surface area contributed by atoms with Crippen molar-refractivity contribution in [1.29, 1.82) is 0 Å². The monoisotopic (exact) mass is 224 g/mol. The summed E-state index contributed by atoms with van der Waals surface area (Å²) in [6.07, 6.45) is 10.3. The zero-order chi connectivity index (χ0) is 13.3. The molecule has 0 radical (unpaired) electrons. The first kappa shape index (κ1) is 13.2. The minimum Gasteiger partial charge on any atom is -0.392 e. The average molecular weight is 224 g/mol. The third kappa shape index (κ3) is 9.72. The van der Waals surface area contributed by atoms with Gasteiger partial charge in [-0.15, -0.1) is 0 Å². The highest BCUT2D eigenvalue weighted by atomic mass is 16.2.